The molecule has 1 heterocycles. The molecule has 1 rings (SSSR count). The standard InChI is InChI=1S/C14H23ClN2O3S/c1-5-7-17-10-12(21(15,19)20)8-13(17)14(18)16(4)9-11(3)6-2/h8,10-11H,5-7,9H2,1-4H3. The number of carbonyl (C=O) groups is 1. The van der Waals surface area contributed by atoms with Gasteiger partial charge in [0.15, 0.2) is 0 Å². The molecule has 0 spiro atoms. The molecule has 1 aromatic heterocycles. The molecule has 0 bridgehead atoms. The third-order valence-electron chi connectivity index (χ3n) is 3.47. The molecule has 1 aromatic rings. The zero-order valence-electron chi connectivity index (χ0n) is 13.0. The minimum Gasteiger partial charge on any atom is -0.342 e. The normalized spacial score (nSPS) is 13.2. The molecule has 21 heavy (non-hydrogen) atoms. The highest BCUT2D eigenvalue weighted by molar-refractivity contribution is 8.13. The first kappa shape index (κ1) is 18.0. The second kappa shape index (κ2) is 7.31. The molecule has 7 heteroatoms. The van der Waals surface area contributed by atoms with E-state index in [1.165, 1.54) is 12.3 Å². The quantitative estimate of drug-likeness (QED) is 0.720. The summed E-state index contributed by atoms with van der Waals surface area (Å²) in [5, 5.41) is 0. The fourth-order valence-electron chi connectivity index (χ4n) is 2.10. The predicted octanol–water partition coefficient (Wildman–Crippen LogP) is 2.94. The Morgan fingerprint density at radius 1 is 1.43 bits per heavy atom. The summed E-state index contributed by atoms with van der Waals surface area (Å²) in [6.45, 7) is 7.32. The van der Waals surface area contributed by atoms with Crippen LogP contribution in [-0.4, -0.2) is 37.4 Å². The van der Waals surface area contributed by atoms with Crippen LogP contribution < -0.4 is 0 Å². The molecule has 0 aliphatic rings. The number of amides is 1. The molecule has 1 amide bonds. The number of aromatic nitrogens is 1. The van der Waals surface area contributed by atoms with Gasteiger partial charge in [0, 0.05) is 37.0 Å². The van der Waals surface area contributed by atoms with E-state index in [0.29, 0.717) is 24.7 Å². The highest BCUT2D eigenvalue weighted by Crippen LogP contribution is 2.20. The van der Waals surface area contributed by atoms with Crippen molar-refractivity contribution < 1.29 is 13.2 Å². The lowest BCUT2D eigenvalue weighted by Crippen LogP contribution is -2.32. The number of hydrogen-bond acceptors (Lipinski definition) is 3. The molecule has 0 radical (unpaired) electrons. The Hall–Kier alpha value is -1.01. The molecule has 120 valence electrons. The fraction of sp³-hybridized carbons (Fsp3) is 0.643. The second-order valence-corrected chi connectivity index (χ2v) is 7.96. The Morgan fingerprint density at radius 3 is 2.52 bits per heavy atom. The molecule has 0 aliphatic carbocycles. The van der Waals surface area contributed by atoms with Gasteiger partial charge in [-0.2, -0.15) is 0 Å². The SMILES string of the molecule is CCCn1cc(S(=O)(=O)Cl)cc1C(=O)N(C)CC(C)CC. The summed E-state index contributed by atoms with van der Waals surface area (Å²) < 4.78 is 24.6. The topological polar surface area (TPSA) is 59.4 Å². The molecule has 5 nitrogen and oxygen atoms in total. The minimum atomic E-state index is -3.83. The van der Waals surface area contributed by atoms with E-state index in [1.54, 1.807) is 16.5 Å². The third-order valence-corrected chi connectivity index (χ3v) is 4.79. The van der Waals surface area contributed by atoms with Crippen LogP contribution in [0.3, 0.4) is 0 Å². The van der Waals surface area contributed by atoms with Crippen LogP contribution in [0.25, 0.3) is 0 Å². The van der Waals surface area contributed by atoms with E-state index in [1.807, 2.05) is 6.92 Å². The lowest BCUT2D eigenvalue weighted by atomic mass is 10.1. The van der Waals surface area contributed by atoms with Gasteiger partial charge in [0.2, 0.25) is 0 Å². The van der Waals surface area contributed by atoms with Crippen molar-refractivity contribution in [3.05, 3.63) is 18.0 Å². The first-order valence-corrected chi connectivity index (χ1v) is 9.41. The van der Waals surface area contributed by atoms with Crippen molar-refractivity contribution in [3.63, 3.8) is 0 Å². The van der Waals surface area contributed by atoms with E-state index in [4.69, 9.17) is 10.7 Å². The van der Waals surface area contributed by atoms with Crippen LogP contribution >= 0.6 is 10.7 Å². The summed E-state index contributed by atoms with van der Waals surface area (Å²) in [6, 6.07) is 1.35. The molecule has 0 N–H and O–H groups in total. The van der Waals surface area contributed by atoms with E-state index in [2.05, 4.69) is 13.8 Å². The number of nitrogens with zero attached hydrogens (tertiary/aromatic N) is 2. The molecule has 0 aromatic carbocycles. The molecule has 0 saturated heterocycles. The highest BCUT2D eigenvalue weighted by Gasteiger charge is 2.22. The van der Waals surface area contributed by atoms with Gasteiger partial charge in [-0.1, -0.05) is 27.2 Å². The van der Waals surface area contributed by atoms with E-state index < -0.39 is 9.05 Å². The van der Waals surface area contributed by atoms with Crippen molar-refractivity contribution in [1.82, 2.24) is 9.47 Å². The maximum atomic E-state index is 12.5. The zero-order valence-corrected chi connectivity index (χ0v) is 14.5. The average Bonchev–Trinajstić information content (AvgIpc) is 2.82. The van der Waals surface area contributed by atoms with Gasteiger partial charge in [0.1, 0.15) is 10.6 Å². The van der Waals surface area contributed by atoms with E-state index in [9.17, 15) is 13.2 Å². The lowest BCUT2D eigenvalue weighted by Gasteiger charge is -2.21. The Labute approximate surface area is 131 Å². The molecular formula is C14H23ClN2O3S. The molecule has 1 unspecified atom stereocenters. The number of carbonyl (C=O) groups excluding carboxylic acids is 1. The molecule has 0 fully saturated rings. The second-order valence-electron chi connectivity index (χ2n) is 5.39. The van der Waals surface area contributed by atoms with Crippen molar-refractivity contribution in [1.29, 1.82) is 0 Å². The van der Waals surface area contributed by atoms with Gasteiger partial charge in [-0.15, -0.1) is 0 Å². The summed E-state index contributed by atoms with van der Waals surface area (Å²) in [5.74, 6) is 0.208. The summed E-state index contributed by atoms with van der Waals surface area (Å²) in [7, 11) is 3.27. The van der Waals surface area contributed by atoms with Gasteiger partial charge < -0.3 is 9.47 Å². The van der Waals surface area contributed by atoms with Crippen LogP contribution in [0.15, 0.2) is 17.2 Å². The largest absolute Gasteiger partial charge is 0.342 e. The molecule has 0 aliphatic heterocycles. The van der Waals surface area contributed by atoms with Crippen LogP contribution in [0.5, 0.6) is 0 Å². The summed E-state index contributed by atoms with van der Waals surface area (Å²) in [5.41, 5.74) is 0.363. The maximum absolute atomic E-state index is 12.5. The van der Waals surface area contributed by atoms with Gasteiger partial charge in [-0.05, 0) is 18.4 Å². The van der Waals surface area contributed by atoms with Crippen molar-refractivity contribution in [2.45, 2.75) is 45.1 Å². The van der Waals surface area contributed by atoms with Crippen molar-refractivity contribution >= 4 is 25.6 Å². The Morgan fingerprint density at radius 2 is 2.05 bits per heavy atom. The van der Waals surface area contributed by atoms with Crippen LogP contribution in [0.4, 0.5) is 0 Å². The summed E-state index contributed by atoms with van der Waals surface area (Å²) >= 11 is 0. The Balaban J connectivity index is 3.10. The van der Waals surface area contributed by atoms with Crippen LogP contribution in [-0.2, 0) is 15.6 Å². The van der Waals surface area contributed by atoms with E-state index in [-0.39, 0.29) is 10.8 Å². The maximum Gasteiger partial charge on any atom is 0.270 e. The van der Waals surface area contributed by atoms with Crippen LogP contribution in [0.2, 0.25) is 0 Å². The first-order chi connectivity index (χ1) is 9.70. The van der Waals surface area contributed by atoms with Crippen molar-refractivity contribution in [2.75, 3.05) is 13.6 Å². The van der Waals surface area contributed by atoms with Gasteiger partial charge >= 0.3 is 0 Å². The number of rotatable bonds is 7. The van der Waals surface area contributed by atoms with Gasteiger partial charge in [0.25, 0.3) is 15.0 Å². The van der Waals surface area contributed by atoms with Crippen LogP contribution in [0.1, 0.15) is 44.1 Å². The van der Waals surface area contributed by atoms with Crippen LogP contribution in [0, 0.1) is 5.92 Å². The fourth-order valence-corrected chi connectivity index (χ4v) is 2.86. The smallest absolute Gasteiger partial charge is 0.270 e. The lowest BCUT2D eigenvalue weighted by molar-refractivity contribution is 0.0764. The molecular weight excluding hydrogens is 312 g/mol. The van der Waals surface area contributed by atoms with Gasteiger partial charge in [0.05, 0.1) is 0 Å². The number of hydrogen-bond donors (Lipinski definition) is 0. The minimum absolute atomic E-state index is 0.0297. The van der Waals surface area contributed by atoms with E-state index in [0.717, 1.165) is 12.8 Å². The number of halogens is 1. The summed E-state index contributed by atoms with van der Waals surface area (Å²) in [6.07, 6.45) is 3.21. The van der Waals surface area contributed by atoms with E-state index >= 15 is 0 Å². The Kier molecular flexibility index (Phi) is 6.28. The van der Waals surface area contributed by atoms with Gasteiger partial charge in [-0.3, -0.25) is 4.79 Å². The number of aryl methyl sites for hydroxylation is 1. The monoisotopic (exact) mass is 334 g/mol. The highest BCUT2D eigenvalue weighted by atomic mass is 35.7. The zero-order chi connectivity index (χ0) is 16.2. The van der Waals surface area contributed by atoms with Gasteiger partial charge in [-0.25, -0.2) is 8.42 Å². The molecule has 1 atom stereocenters. The summed E-state index contributed by atoms with van der Waals surface area (Å²) in [4.78, 5) is 14.1. The predicted molar refractivity (Wildman–Crippen MR) is 84.2 cm³/mol. The molecule has 0 saturated carbocycles. The first-order valence-electron chi connectivity index (χ1n) is 7.11. The third kappa shape index (κ3) is 4.74. The average molecular weight is 335 g/mol. The van der Waals surface area contributed by atoms with Crippen molar-refractivity contribution in [3.8, 4) is 0 Å². The Bertz CT molecular complexity index is 595. The van der Waals surface area contributed by atoms with Crippen molar-refractivity contribution in [2.24, 2.45) is 5.92 Å².